The van der Waals surface area contributed by atoms with Crippen LogP contribution in [0.15, 0.2) is 4.74 Å². The molecule has 1 aliphatic heterocycles. The first kappa shape index (κ1) is 21.3. The van der Waals surface area contributed by atoms with Crippen LogP contribution in [0.2, 0.25) is 0 Å². The highest BCUT2D eigenvalue weighted by atomic mass is 31.2. The van der Waals surface area contributed by atoms with Crippen molar-refractivity contribution in [3.63, 3.8) is 0 Å². The van der Waals surface area contributed by atoms with Crippen LogP contribution < -0.4 is 0 Å². The van der Waals surface area contributed by atoms with Gasteiger partial charge in [-0.05, 0) is 52.2 Å². The second kappa shape index (κ2) is 9.65. The molecule has 2 heteroatoms. The summed E-state index contributed by atoms with van der Waals surface area (Å²) in [6.07, 6.45) is 18.4. The summed E-state index contributed by atoms with van der Waals surface area (Å²) in [7, 11) is -1.24. The van der Waals surface area contributed by atoms with Crippen molar-refractivity contribution in [2.75, 3.05) is 13.3 Å². The number of nitrogens with zero attached hydrogens (tertiary/aromatic N) is 1. The third kappa shape index (κ3) is 8.24. The molecular formula is C21H44NP. The summed E-state index contributed by atoms with van der Waals surface area (Å²) in [5.41, 5.74) is 0.169. The van der Waals surface area contributed by atoms with Crippen LogP contribution in [0.4, 0.5) is 0 Å². The maximum atomic E-state index is 5.45. The van der Waals surface area contributed by atoms with Crippen molar-refractivity contribution in [3.8, 4) is 0 Å². The quantitative estimate of drug-likeness (QED) is 0.395. The first-order chi connectivity index (χ1) is 10.7. The molecule has 0 aromatic heterocycles. The molecule has 0 saturated heterocycles. The SMILES string of the molecule is CC1(C)CCCCCCCCCCCCCC(C)(C)P(C)(C)=N1. The second-order valence-corrected chi connectivity index (χ2v) is 13.7. The van der Waals surface area contributed by atoms with Crippen LogP contribution in [-0.4, -0.2) is 24.0 Å². The molecule has 1 nitrogen and oxygen atoms in total. The monoisotopic (exact) mass is 341 g/mol. The molecule has 0 unspecified atom stereocenters. The van der Waals surface area contributed by atoms with Gasteiger partial charge in [-0.2, -0.15) is 0 Å². The lowest BCUT2D eigenvalue weighted by atomic mass is 9.97. The van der Waals surface area contributed by atoms with Gasteiger partial charge < -0.3 is 0 Å². The first-order valence-electron chi connectivity index (χ1n) is 10.2. The van der Waals surface area contributed by atoms with Crippen molar-refractivity contribution < 1.29 is 0 Å². The molecule has 1 heterocycles. The Kier molecular flexibility index (Phi) is 8.92. The lowest BCUT2D eigenvalue weighted by Gasteiger charge is -2.38. The van der Waals surface area contributed by atoms with Gasteiger partial charge in [0.05, 0.1) is 5.54 Å². The van der Waals surface area contributed by atoms with E-state index in [1.165, 1.54) is 83.5 Å². The molecule has 0 aliphatic carbocycles. The van der Waals surface area contributed by atoms with E-state index in [4.69, 9.17) is 4.74 Å². The smallest absolute Gasteiger partial charge is 0.0537 e. The summed E-state index contributed by atoms with van der Waals surface area (Å²) in [4.78, 5) is 0. The number of rotatable bonds is 0. The summed E-state index contributed by atoms with van der Waals surface area (Å²) in [5, 5.41) is 0.401. The van der Waals surface area contributed by atoms with Crippen molar-refractivity contribution in [2.45, 2.75) is 122 Å². The van der Waals surface area contributed by atoms with Gasteiger partial charge in [-0.1, -0.05) is 84.5 Å². The molecule has 0 aromatic carbocycles. The van der Waals surface area contributed by atoms with Gasteiger partial charge in [0, 0.05) is 0 Å². The molecule has 0 amide bonds. The summed E-state index contributed by atoms with van der Waals surface area (Å²) in [6, 6.07) is 0. The van der Waals surface area contributed by atoms with E-state index in [0.717, 1.165) is 0 Å². The van der Waals surface area contributed by atoms with Crippen LogP contribution in [0.5, 0.6) is 0 Å². The Labute approximate surface area is 147 Å². The Bertz CT molecular complexity index is 375. The summed E-state index contributed by atoms with van der Waals surface area (Å²) < 4.78 is 5.45. The zero-order valence-electron chi connectivity index (χ0n) is 17.1. The van der Waals surface area contributed by atoms with Crippen molar-refractivity contribution in [1.29, 1.82) is 0 Å². The zero-order valence-corrected chi connectivity index (χ0v) is 18.0. The van der Waals surface area contributed by atoms with Gasteiger partial charge >= 0.3 is 0 Å². The Morgan fingerprint density at radius 3 is 1.35 bits per heavy atom. The highest BCUT2D eigenvalue weighted by Gasteiger charge is 2.31. The average molecular weight is 342 g/mol. The Hall–Kier alpha value is 0.230. The molecule has 1 aliphatic rings. The van der Waals surface area contributed by atoms with Crippen LogP contribution in [0.1, 0.15) is 111 Å². The van der Waals surface area contributed by atoms with E-state index in [1.807, 2.05) is 0 Å². The fourth-order valence-electron chi connectivity index (χ4n) is 3.84. The Morgan fingerprint density at radius 2 is 0.913 bits per heavy atom. The normalized spacial score (nSPS) is 27.6. The molecule has 0 radical (unpaired) electrons. The van der Waals surface area contributed by atoms with Gasteiger partial charge in [0.25, 0.3) is 0 Å². The summed E-state index contributed by atoms with van der Waals surface area (Å²) in [6.45, 7) is 14.7. The maximum absolute atomic E-state index is 5.45. The third-order valence-corrected chi connectivity index (χ3v) is 10.3. The predicted molar refractivity (Wildman–Crippen MR) is 109 cm³/mol. The molecule has 0 fully saturated rings. The van der Waals surface area contributed by atoms with Crippen LogP contribution in [-0.2, 0) is 0 Å². The van der Waals surface area contributed by atoms with E-state index >= 15 is 0 Å². The van der Waals surface area contributed by atoms with Crippen LogP contribution in [0.3, 0.4) is 0 Å². The molecule has 0 atom stereocenters. The molecule has 0 aromatic rings. The summed E-state index contributed by atoms with van der Waals surface area (Å²) in [5.74, 6) is 0. The van der Waals surface area contributed by atoms with E-state index < -0.39 is 7.05 Å². The highest BCUT2D eigenvalue weighted by Crippen LogP contribution is 2.58. The standard InChI is InChI=1S/C21H44NP/c1-20(2)18-16-14-12-10-8-7-9-11-13-15-17-19-21(3,4)23(5,6)22-20/h7-19H2,1-6H3. The predicted octanol–water partition coefficient (Wildman–Crippen LogP) is 8.09. The van der Waals surface area contributed by atoms with Gasteiger partial charge in [-0.15, -0.1) is 0 Å². The molecule has 138 valence electrons. The second-order valence-electron chi connectivity index (χ2n) is 9.51. The van der Waals surface area contributed by atoms with Crippen LogP contribution >= 0.6 is 7.05 Å². The molecule has 1 rings (SSSR count). The molecule has 0 spiro atoms. The zero-order chi connectivity index (χ0) is 17.4. The largest absolute Gasteiger partial charge is 0.297 e. The van der Waals surface area contributed by atoms with Crippen LogP contribution in [0, 0.1) is 0 Å². The van der Waals surface area contributed by atoms with Gasteiger partial charge in [-0.25, -0.2) is 0 Å². The average Bonchev–Trinajstić information content (AvgIpc) is 2.41. The molecule has 0 saturated carbocycles. The van der Waals surface area contributed by atoms with Gasteiger partial charge in [0.1, 0.15) is 0 Å². The van der Waals surface area contributed by atoms with Crippen molar-refractivity contribution in [1.82, 2.24) is 0 Å². The molecule has 0 bridgehead atoms. The Balaban J connectivity index is 2.76. The lowest BCUT2D eigenvalue weighted by molar-refractivity contribution is 0.444. The number of hydrogen-bond acceptors (Lipinski definition) is 1. The number of hydrogen-bond donors (Lipinski definition) is 0. The minimum atomic E-state index is -1.24. The van der Waals surface area contributed by atoms with E-state index in [2.05, 4.69) is 41.0 Å². The van der Waals surface area contributed by atoms with Crippen molar-refractivity contribution in [3.05, 3.63) is 0 Å². The lowest BCUT2D eigenvalue weighted by Crippen LogP contribution is -2.24. The van der Waals surface area contributed by atoms with Crippen molar-refractivity contribution in [2.24, 2.45) is 4.74 Å². The third-order valence-electron chi connectivity index (χ3n) is 6.08. The maximum Gasteiger partial charge on any atom is 0.0537 e. The highest BCUT2D eigenvalue weighted by molar-refractivity contribution is 7.66. The molecule has 23 heavy (non-hydrogen) atoms. The minimum absolute atomic E-state index is 0.169. The van der Waals surface area contributed by atoms with Gasteiger partial charge in [0.2, 0.25) is 0 Å². The fourth-order valence-corrected chi connectivity index (χ4v) is 6.27. The van der Waals surface area contributed by atoms with Gasteiger partial charge in [-0.3, -0.25) is 4.74 Å². The first-order valence-corrected chi connectivity index (χ1v) is 12.9. The minimum Gasteiger partial charge on any atom is -0.297 e. The summed E-state index contributed by atoms with van der Waals surface area (Å²) >= 11 is 0. The topological polar surface area (TPSA) is 12.4 Å². The molecule has 0 N–H and O–H groups in total. The van der Waals surface area contributed by atoms with Gasteiger partial charge in [0.15, 0.2) is 0 Å². The van der Waals surface area contributed by atoms with E-state index in [0.29, 0.717) is 5.16 Å². The molecular weight excluding hydrogens is 297 g/mol. The van der Waals surface area contributed by atoms with Crippen molar-refractivity contribution >= 4 is 7.05 Å². The van der Waals surface area contributed by atoms with E-state index in [9.17, 15) is 0 Å². The fraction of sp³-hybridized carbons (Fsp3) is 1.00. The van der Waals surface area contributed by atoms with E-state index in [-0.39, 0.29) is 5.54 Å². The van der Waals surface area contributed by atoms with Crippen LogP contribution in [0.25, 0.3) is 0 Å². The van der Waals surface area contributed by atoms with E-state index in [1.54, 1.807) is 0 Å². The Morgan fingerprint density at radius 1 is 0.565 bits per heavy atom.